The van der Waals surface area contributed by atoms with Crippen molar-refractivity contribution in [2.45, 2.75) is 31.8 Å². The minimum absolute atomic E-state index is 0.192. The van der Waals surface area contributed by atoms with E-state index >= 15 is 0 Å². The highest BCUT2D eigenvalue weighted by atomic mass is 16.5. The van der Waals surface area contributed by atoms with E-state index < -0.39 is 0 Å². The standard InChI is InChI=1S/C24H28N2O/c1-3-24(27-2,22-12-14-25-15-13-22)21-10-8-18(9-11-21)20-16-19-6-4-5-7-23(19)26-17-20/h4-11,16-17,22,25H,3,12-15H2,1-2H3. The van der Waals surface area contributed by atoms with Crippen LogP contribution in [0.4, 0.5) is 0 Å². The lowest BCUT2D eigenvalue weighted by molar-refractivity contribution is -0.0769. The zero-order chi connectivity index (χ0) is 18.7. The van der Waals surface area contributed by atoms with E-state index in [9.17, 15) is 0 Å². The molecule has 0 aliphatic carbocycles. The van der Waals surface area contributed by atoms with Crippen molar-refractivity contribution in [2.24, 2.45) is 5.92 Å². The highest BCUT2D eigenvalue weighted by Gasteiger charge is 2.39. The Hall–Kier alpha value is -2.23. The van der Waals surface area contributed by atoms with E-state index in [1.165, 1.54) is 16.5 Å². The van der Waals surface area contributed by atoms with Gasteiger partial charge in [0.1, 0.15) is 0 Å². The maximum absolute atomic E-state index is 6.18. The number of para-hydroxylation sites is 1. The normalized spacial score (nSPS) is 17.7. The first-order chi connectivity index (χ1) is 13.3. The average molecular weight is 361 g/mol. The SMILES string of the molecule is CCC(OC)(c1ccc(-c2cnc3ccccc3c2)cc1)C1CCNCC1. The Balaban J connectivity index is 1.66. The summed E-state index contributed by atoms with van der Waals surface area (Å²) in [5.74, 6) is 0.557. The average Bonchev–Trinajstić information content (AvgIpc) is 2.76. The molecule has 1 N–H and O–H groups in total. The van der Waals surface area contributed by atoms with Gasteiger partial charge in [0.15, 0.2) is 0 Å². The van der Waals surface area contributed by atoms with Crippen LogP contribution >= 0.6 is 0 Å². The minimum Gasteiger partial charge on any atom is -0.373 e. The number of methoxy groups -OCH3 is 1. The fraction of sp³-hybridized carbons (Fsp3) is 0.375. The second kappa shape index (κ2) is 7.79. The summed E-state index contributed by atoms with van der Waals surface area (Å²) in [4.78, 5) is 4.60. The van der Waals surface area contributed by atoms with Crippen LogP contribution in [-0.2, 0) is 10.3 Å². The summed E-state index contributed by atoms with van der Waals surface area (Å²) in [7, 11) is 1.87. The Labute approximate surface area is 161 Å². The van der Waals surface area contributed by atoms with Crippen LogP contribution < -0.4 is 5.32 Å². The number of fused-ring (bicyclic) bond motifs is 1. The van der Waals surface area contributed by atoms with Crippen molar-refractivity contribution >= 4 is 10.9 Å². The molecule has 1 saturated heterocycles. The highest BCUT2D eigenvalue weighted by molar-refractivity contribution is 5.83. The second-order valence-electron chi connectivity index (χ2n) is 7.47. The summed E-state index contributed by atoms with van der Waals surface area (Å²) in [5.41, 5.74) is 4.48. The summed E-state index contributed by atoms with van der Waals surface area (Å²) in [6.45, 7) is 4.40. The van der Waals surface area contributed by atoms with Crippen molar-refractivity contribution in [1.29, 1.82) is 0 Å². The number of hydrogen-bond donors (Lipinski definition) is 1. The molecule has 1 unspecified atom stereocenters. The number of rotatable bonds is 5. The number of ether oxygens (including phenoxy) is 1. The van der Waals surface area contributed by atoms with Crippen LogP contribution in [0.15, 0.2) is 60.8 Å². The molecule has 0 spiro atoms. The molecule has 140 valence electrons. The fourth-order valence-corrected chi connectivity index (χ4v) is 4.62. The van der Waals surface area contributed by atoms with E-state index in [1.54, 1.807) is 0 Å². The summed E-state index contributed by atoms with van der Waals surface area (Å²) in [6, 6.07) is 19.4. The van der Waals surface area contributed by atoms with Gasteiger partial charge in [-0.2, -0.15) is 0 Å². The lowest BCUT2D eigenvalue weighted by atomic mass is 9.74. The van der Waals surface area contributed by atoms with Gasteiger partial charge in [0.2, 0.25) is 0 Å². The van der Waals surface area contributed by atoms with E-state index in [0.29, 0.717) is 5.92 Å². The molecule has 1 aromatic heterocycles. The quantitative estimate of drug-likeness (QED) is 0.683. The first kappa shape index (κ1) is 18.1. The summed E-state index contributed by atoms with van der Waals surface area (Å²) < 4.78 is 6.18. The fourth-order valence-electron chi connectivity index (χ4n) is 4.62. The van der Waals surface area contributed by atoms with E-state index in [0.717, 1.165) is 43.4 Å². The molecule has 0 radical (unpaired) electrons. The molecule has 2 aromatic carbocycles. The van der Waals surface area contributed by atoms with Gasteiger partial charge in [0.25, 0.3) is 0 Å². The Morgan fingerprint density at radius 3 is 2.48 bits per heavy atom. The van der Waals surface area contributed by atoms with Crippen LogP contribution in [0.2, 0.25) is 0 Å². The maximum Gasteiger partial charge on any atom is 0.0953 e. The molecule has 0 saturated carbocycles. The van der Waals surface area contributed by atoms with E-state index in [1.807, 2.05) is 19.4 Å². The first-order valence-electron chi connectivity index (χ1n) is 9.98. The number of pyridine rings is 1. The summed E-state index contributed by atoms with van der Waals surface area (Å²) in [6.07, 6.45) is 5.29. The number of benzene rings is 2. The molecule has 2 heterocycles. The van der Waals surface area contributed by atoms with Gasteiger partial charge in [-0.25, -0.2) is 0 Å². The Bertz CT molecular complexity index is 894. The summed E-state index contributed by atoms with van der Waals surface area (Å²) in [5, 5.41) is 4.64. The predicted octanol–water partition coefficient (Wildman–Crippen LogP) is 5.15. The largest absolute Gasteiger partial charge is 0.373 e. The van der Waals surface area contributed by atoms with Crippen molar-refractivity contribution in [1.82, 2.24) is 10.3 Å². The molecule has 0 bridgehead atoms. The van der Waals surface area contributed by atoms with Gasteiger partial charge in [-0.1, -0.05) is 49.4 Å². The predicted molar refractivity (Wildman–Crippen MR) is 112 cm³/mol. The molecular formula is C24H28N2O. The third-order valence-electron chi connectivity index (χ3n) is 6.19. The van der Waals surface area contributed by atoms with Gasteiger partial charge in [-0.05, 0) is 61.5 Å². The molecule has 27 heavy (non-hydrogen) atoms. The van der Waals surface area contributed by atoms with Crippen LogP contribution in [0.1, 0.15) is 31.7 Å². The molecule has 4 rings (SSSR count). The third kappa shape index (κ3) is 3.38. The molecule has 0 amide bonds. The van der Waals surface area contributed by atoms with Crippen LogP contribution in [0.5, 0.6) is 0 Å². The lowest BCUT2D eigenvalue weighted by Gasteiger charge is -2.42. The molecule has 3 aromatic rings. The van der Waals surface area contributed by atoms with Crippen LogP contribution in [0.3, 0.4) is 0 Å². The van der Waals surface area contributed by atoms with Gasteiger partial charge in [0.05, 0.1) is 11.1 Å². The van der Waals surface area contributed by atoms with Gasteiger partial charge in [0, 0.05) is 24.3 Å². The number of aromatic nitrogens is 1. The number of hydrogen-bond acceptors (Lipinski definition) is 3. The molecule has 3 heteroatoms. The lowest BCUT2D eigenvalue weighted by Crippen LogP contribution is -2.42. The van der Waals surface area contributed by atoms with E-state index in [4.69, 9.17) is 4.74 Å². The first-order valence-corrected chi connectivity index (χ1v) is 9.98. The maximum atomic E-state index is 6.18. The number of piperidine rings is 1. The molecule has 1 aliphatic rings. The Morgan fingerprint density at radius 2 is 1.78 bits per heavy atom. The number of nitrogens with one attached hydrogen (secondary N) is 1. The van der Waals surface area contributed by atoms with E-state index in [-0.39, 0.29) is 5.60 Å². The number of nitrogens with zero attached hydrogens (tertiary/aromatic N) is 1. The molecule has 1 fully saturated rings. The Morgan fingerprint density at radius 1 is 1.04 bits per heavy atom. The van der Waals surface area contributed by atoms with Crippen LogP contribution in [0.25, 0.3) is 22.0 Å². The van der Waals surface area contributed by atoms with Crippen molar-refractivity contribution in [3.63, 3.8) is 0 Å². The molecular weight excluding hydrogens is 332 g/mol. The third-order valence-corrected chi connectivity index (χ3v) is 6.19. The van der Waals surface area contributed by atoms with Crippen LogP contribution in [0, 0.1) is 5.92 Å². The minimum atomic E-state index is -0.192. The van der Waals surface area contributed by atoms with Crippen molar-refractivity contribution in [3.8, 4) is 11.1 Å². The molecule has 1 aliphatic heterocycles. The molecule has 1 atom stereocenters. The van der Waals surface area contributed by atoms with E-state index in [2.05, 4.69) is 65.8 Å². The zero-order valence-electron chi connectivity index (χ0n) is 16.2. The van der Waals surface area contributed by atoms with Crippen molar-refractivity contribution in [2.75, 3.05) is 20.2 Å². The van der Waals surface area contributed by atoms with Gasteiger partial charge < -0.3 is 10.1 Å². The van der Waals surface area contributed by atoms with Crippen LogP contribution in [-0.4, -0.2) is 25.2 Å². The van der Waals surface area contributed by atoms with Crippen molar-refractivity contribution < 1.29 is 4.74 Å². The van der Waals surface area contributed by atoms with Crippen molar-refractivity contribution in [3.05, 3.63) is 66.4 Å². The monoisotopic (exact) mass is 360 g/mol. The van der Waals surface area contributed by atoms with Gasteiger partial charge >= 0.3 is 0 Å². The van der Waals surface area contributed by atoms with Gasteiger partial charge in [-0.3, -0.25) is 4.98 Å². The second-order valence-corrected chi connectivity index (χ2v) is 7.47. The topological polar surface area (TPSA) is 34.1 Å². The smallest absolute Gasteiger partial charge is 0.0953 e. The zero-order valence-corrected chi connectivity index (χ0v) is 16.2. The molecule has 3 nitrogen and oxygen atoms in total. The highest BCUT2D eigenvalue weighted by Crippen LogP contribution is 2.41. The van der Waals surface area contributed by atoms with Gasteiger partial charge in [-0.15, -0.1) is 0 Å². The Kier molecular flexibility index (Phi) is 5.24. The summed E-state index contributed by atoms with van der Waals surface area (Å²) >= 11 is 0.